The smallest absolute Gasteiger partial charge is 0.400 e. The minimum Gasteiger partial charge on any atom is -0.400 e. The fourth-order valence-corrected chi connectivity index (χ4v) is 2.06. The number of aliphatic hydroxyl groups is 1. The van der Waals surface area contributed by atoms with Crippen LogP contribution >= 0.6 is 0 Å². The summed E-state index contributed by atoms with van der Waals surface area (Å²) in [6.07, 6.45) is 5.39. The third kappa shape index (κ3) is 2.80. The van der Waals surface area contributed by atoms with Gasteiger partial charge in [0.25, 0.3) is 0 Å². The lowest BCUT2D eigenvalue weighted by atomic mass is 9.88. The first-order valence-electron chi connectivity index (χ1n) is 6.85. The van der Waals surface area contributed by atoms with Crippen LogP contribution in [0.5, 0.6) is 0 Å². The highest BCUT2D eigenvalue weighted by Gasteiger charge is 2.49. The zero-order valence-corrected chi connectivity index (χ0v) is 12.8. The van der Waals surface area contributed by atoms with E-state index in [0.717, 1.165) is 16.7 Å². The van der Waals surface area contributed by atoms with Gasteiger partial charge in [0, 0.05) is 12.4 Å². The Kier molecular flexibility index (Phi) is 4.05. The van der Waals surface area contributed by atoms with Crippen molar-refractivity contribution in [3.63, 3.8) is 0 Å². The summed E-state index contributed by atoms with van der Waals surface area (Å²) >= 11 is 0. The summed E-state index contributed by atoms with van der Waals surface area (Å²) in [5, 5.41) is 9.25. The van der Waals surface area contributed by atoms with Crippen molar-refractivity contribution < 1.29 is 14.4 Å². The third-order valence-electron chi connectivity index (χ3n) is 4.23. The molecule has 1 aromatic rings. The lowest BCUT2D eigenvalue weighted by Gasteiger charge is -2.32. The fourth-order valence-electron chi connectivity index (χ4n) is 2.06. The van der Waals surface area contributed by atoms with Gasteiger partial charge in [-0.05, 0) is 51.3 Å². The molecular weight excluding hydrogens is 253 g/mol. The van der Waals surface area contributed by atoms with E-state index in [4.69, 9.17) is 9.31 Å². The lowest BCUT2D eigenvalue weighted by molar-refractivity contribution is 0.00578. The number of hydrogen-bond donors (Lipinski definition) is 1. The average molecular weight is 275 g/mol. The van der Waals surface area contributed by atoms with Crippen LogP contribution in [-0.2, 0) is 15.9 Å². The molecule has 0 spiro atoms. The molecule has 1 aromatic heterocycles. The minimum absolute atomic E-state index is 0.00297. The molecule has 2 rings (SSSR count). The van der Waals surface area contributed by atoms with Crippen molar-refractivity contribution in [3.05, 3.63) is 35.1 Å². The SMILES string of the molecule is Cc1c(/C=C/B2OC(C)(C)C(C)(C)O2)cncc1CO. The van der Waals surface area contributed by atoms with Crippen molar-refractivity contribution >= 4 is 13.2 Å². The molecule has 108 valence electrons. The second-order valence-corrected chi connectivity index (χ2v) is 6.15. The van der Waals surface area contributed by atoms with Crippen LogP contribution in [-0.4, -0.2) is 28.4 Å². The monoisotopic (exact) mass is 275 g/mol. The van der Waals surface area contributed by atoms with Crippen molar-refractivity contribution in [2.24, 2.45) is 0 Å². The Hall–Kier alpha value is -1.17. The van der Waals surface area contributed by atoms with Gasteiger partial charge in [-0.1, -0.05) is 12.1 Å². The molecule has 2 heterocycles. The molecule has 0 saturated carbocycles. The van der Waals surface area contributed by atoms with Gasteiger partial charge in [-0.3, -0.25) is 4.98 Å². The van der Waals surface area contributed by atoms with Crippen LogP contribution in [0.4, 0.5) is 0 Å². The third-order valence-corrected chi connectivity index (χ3v) is 4.23. The predicted octanol–water partition coefficient (Wildman–Crippen LogP) is 2.53. The van der Waals surface area contributed by atoms with E-state index in [9.17, 15) is 5.11 Å². The fraction of sp³-hybridized carbons (Fsp3) is 0.533. The van der Waals surface area contributed by atoms with Crippen molar-refractivity contribution in [2.75, 3.05) is 0 Å². The van der Waals surface area contributed by atoms with Crippen molar-refractivity contribution in [2.45, 2.75) is 52.4 Å². The molecule has 5 heteroatoms. The molecule has 0 amide bonds. The molecule has 0 bridgehead atoms. The number of aromatic nitrogens is 1. The summed E-state index contributed by atoms with van der Waals surface area (Å²) in [6.45, 7) is 10.1. The molecule has 0 unspecified atom stereocenters. The second kappa shape index (κ2) is 5.32. The molecule has 0 radical (unpaired) electrons. The maximum atomic E-state index is 9.25. The van der Waals surface area contributed by atoms with Crippen LogP contribution in [0.15, 0.2) is 18.4 Å². The van der Waals surface area contributed by atoms with Crippen LogP contribution < -0.4 is 0 Å². The highest BCUT2D eigenvalue weighted by Crippen LogP contribution is 2.37. The Balaban J connectivity index is 2.16. The molecule has 1 aliphatic heterocycles. The normalized spacial score (nSPS) is 20.8. The van der Waals surface area contributed by atoms with E-state index in [1.54, 1.807) is 12.4 Å². The summed E-state index contributed by atoms with van der Waals surface area (Å²) in [4.78, 5) is 4.13. The van der Waals surface area contributed by atoms with E-state index in [0.29, 0.717) is 0 Å². The van der Waals surface area contributed by atoms with Gasteiger partial charge in [0.2, 0.25) is 0 Å². The molecule has 1 fully saturated rings. The van der Waals surface area contributed by atoms with E-state index in [1.807, 2.05) is 46.7 Å². The molecule has 20 heavy (non-hydrogen) atoms. The van der Waals surface area contributed by atoms with E-state index >= 15 is 0 Å². The van der Waals surface area contributed by atoms with Gasteiger partial charge < -0.3 is 14.4 Å². The molecule has 0 atom stereocenters. The number of rotatable bonds is 3. The van der Waals surface area contributed by atoms with Crippen LogP contribution in [0.2, 0.25) is 0 Å². The Morgan fingerprint density at radius 2 is 1.80 bits per heavy atom. The van der Waals surface area contributed by atoms with Gasteiger partial charge in [0.1, 0.15) is 0 Å². The Morgan fingerprint density at radius 3 is 2.35 bits per heavy atom. The zero-order valence-electron chi connectivity index (χ0n) is 12.8. The Bertz CT molecular complexity index is 510. The first-order valence-corrected chi connectivity index (χ1v) is 6.85. The van der Waals surface area contributed by atoms with E-state index in [1.165, 1.54) is 0 Å². The van der Waals surface area contributed by atoms with Crippen molar-refractivity contribution in [1.29, 1.82) is 0 Å². The largest absolute Gasteiger partial charge is 0.487 e. The van der Waals surface area contributed by atoms with E-state index < -0.39 is 0 Å². The first kappa shape index (κ1) is 15.2. The van der Waals surface area contributed by atoms with Gasteiger partial charge in [0.05, 0.1) is 17.8 Å². The number of aliphatic hydroxyl groups excluding tert-OH is 1. The molecular formula is C15H22BNO3. The highest BCUT2D eigenvalue weighted by molar-refractivity contribution is 6.52. The summed E-state index contributed by atoms with van der Waals surface area (Å²) in [7, 11) is -0.364. The van der Waals surface area contributed by atoms with Crippen LogP contribution in [0.1, 0.15) is 44.4 Å². The lowest BCUT2D eigenvalue weighted by Crippen LogP contribution is -2.41. The quantitative estimate of drug-likeness (QED) is 0.861. The molecule has 0 aromatic carbocycles. The second-order valence-electron chi connectivity index (χ2n) is 6.15. The first-order chi connectivity index (χ1) is 9.27. The number of hydrogen-bond acceptors (Lipinski definition) is 4. The van der Waals surface area contributed by atoms with Gasteiger partial charge >= 0.3 is 7.12 Å². The molecule has 4 nitrogen and oxygen atoms in total. The average Bonchev–Trinajstić information content (AvgIpc) is 2.56. The van der Waals surface area contributed by atoms with Crippen LogP contribution in [0.3, 0.4) is 0 Å². The van der Waals surface area contributed by atoms with Gasteiger partial charge in [-0.25, -0.2) is 0 Å². The molecule has 1 aliphatic rings. The zero-order chi connectivity index (χ0) is 15.0. The maximum absolute atomic E-state index is 9.25. The summed E-state index contributed by atoms with van der Waals surface area (Å²) in [5.74, 6) is 1.89. The predicted molar refractivity (Wildman–Crippen MR) is 80.0 cm³/mol. The van der Waals surface area contributed by atoms with Crippen LogP contribution in [0, 0.1) is 6.92 Å². The minimum atomic E-state index is -0.364. The molecule has 1 N–H and O–H groups in total. The van der Waals surface area contributed by atoms with E-state index in [2.05, 4.69) is 4.98 Å². The number of nitrogens with zero attached hydrogens (tertiary/aromatic N) is 1. The van der Waals surface area contributed by atoms with Crippen LogP contribution in [0.25, 0.3) is 6.08 Å². The van der Waals surface area contributed by atoms with E-state index in [-0.39, 0.29) is 24.9 Å². The summed E-state index contributed by atoms with van der Waals surface area (Å²) in [6, 6.07) is 0. The topological polar surface area (TPSA) is 51.6 Å². The Morgan fingerprint density at radius 1 is 1.20 bits per heavy atom. The van der Waals surface area contributed by atoms with Gasteiger partial charge in [0.15, 0.2) is 0 Å². The van der Waals surface area contributed by atoms with Crippen molar-refractivity contribution in [1.82, 2.24) is 4.98 Å². The number of pyridine rings is 1. The molecule has 0 aliphatic carbocycles. The Labute approximate surface area is 121 Å². The van der Waals surface area contributed by atoms with Crippen molar-refractivity contribution in [3.8, 4) is 0 Å². The maximum Gasteiger partial charge on any atom is 0.487 e. The summed E-state index contributed by atoms with van der Waals surface area (Å²) in [5.41, 5.74) is 2.16. The standard InChI is InChI=1S/C15H22BNO3/c1-11-12(8-17-9-13(11)10-18)6-7-16-19-14(2,3)15(4,5)20-16/h6-9,18H,10H2,1-5H3/b7-6+. The molecule has 1 saturated heterocycles. The highest BCUT2D eigenvalue weighted by atomic mass is 16.7. The summed E-state index contributed by atoms with van der Waals surface area (Å²) < 4.78 is 11.8. The van der Waals surface area contributed by atoms with Gasteiger partial charge in [-0.15, -0.1) is 0 Å². The van der Waals surface area contributed by atoms with Gasteiger partial charge in [-0.2, -0.15) is 0 Å².